The summed E-state index contributed by atoms with van der Waals surface area (Å²) in [5, 5.41) is 2.32. The number of fused-ring (bicyclic) bond motifs is 2. The molecule has 3 aromatic rings. The van der Waals surface area contributed by atoms with Crippen molar-refractivity contribution in [2.75, 3.05) is 0 Å². The van der Waals surface area contributed by atoms with E-state index in [-0.39, 0.29) is 6.29 Å². The molecule has 21 heavy (non-hydrogen) atoms. The molecule has 0 radical (unpaired) electrons. The molecule has 0 saturated heterocycles. The van der Waals surface area contributed by atoms with Crippen molar-refractivity contribution in [1.29, 1.82) is 0 Å². The summed E-state index contributed by atoms with van der Waals surface area (Å²) < 4.78 is 12.7. The standard InChI is InChI=1S/C17H12BrNO2/c18-13-4-5-15-16(9-13)21-17(20-15)8-11-2-1-3-12-10-19-7-6-14(11)12/h1-7,9-10,17H,8H2. The van der Waals surface area contributed by atoms with E-state index in [4.69, 9.17) is 9.47 Å². The molecule has 1 atom stereocenters. The Balaban J connectivity index is 1.62. The Morgan fingerprint density at radius 1 is 1.05 bits per heavy atom. The number of hydrogen-bond donors (Lipinski definition) is 0. The van der Waals surface area contributed by atoms with E-state index in [1.54, 1.807) is 0 Å². The van der Waals surface area contributed by atoms with Crippen molar-refractivity contribution in [2.24, 2.45) is 0 Å². The van der Waals surface area contributed by atoms with Gasteiger partial charge in [0.05, 0.1) is 0 Å². The first-order chi connectivity index (χ1) is 10.3. The Kier molecular flexibility index (Phi) is 3.04. The van der Waals surface area contributed by atoms with E-state index in [9.17, 15) is 0 Å². The van der Waals surface area contributed by atoms with Gasteiger partial charge in [-0.1, -0.05) is 34.1 Å². The SMILES string of the molecule is Brc1ccc2c(c1)OC(Cc1cccc3cnccc13)O2. The van der Waals surface area contributed by atoms with Gasteiger partial charge in [0.2, 0.25) is 6.29 Å². The average Bonchev–Trinajstić information content (AvgIpc) is 2.89. The van der Waals surface area contributed by atoms with Gasteiger partial charge < -0.3 is 9.47 Å². The van der Waals surface area contributed by atoms with E-state index >= 15 is 0 Å². The summed E-state index contributed by atoms with van der Waals surface area (Å²) in [6.07, 6.45) is 4.11. The molecule has 4 rings (SSSR count). The number of rotatable bonds is 2. The van der Waals surface area contributed by atoms with Crippen molar-refractivity contribution < 1.29 is 9.47 Å². The quantitative estimate of drug-likeness (QED) is 0.694. The van der Waals surface area contributed by atoms with E-state index in [2.05, 4.69) is 33.0 Å². The number of nitrogens with zero attached hydrogens (tertiary/aromatic N) is 1. The molecule has 1 aliphatic heterocycles. The molecule has 0 N–H and O–H groups in total. The van der Waals surface area contributed by atoms with Crippen LogP contribution in [0.2, 0.25) is 0 Å². The minimum absolute atomic E-state index is 0.284. The summed E-state index contributed by atoms with van der Waals surface area (Å²) in [7, 11) is 0. The number of aromatic nitrogens is 1. The zero-order valence-electron chi connectivity index (χ0n) is 11.1. The minimum atomic E-state index is -0.284. The molecule has 104 valence electrons. The Morgan fingerprint density at radius 2 is 1.95 bits per heavy atom. The lowest BCUT2D eigenvalue weighted by Crippen LogP contribution is -2.21. The molecule has 0 bridgehead atoms. The first-order valence-corrected chi connectivity index (χ1v) is 7.53. The van der Waals surface area contributed by atoms with Crippen molar-refractivity contribution in [3.05, 3.63) is 64.9 Å². The van der Waals surface area contributed by atoms with Gasteiger partial charge >= 0.3 is 0 Å². The summed E-state index contributed by atoms with van der Waals surface area (Å²) in [6.45, 7) is 0. The fourth-order valence-corrected chi connectivity index (χ4v) is 2.95. The first kappa shape index (κ1) is 12.7. The summed E-state index contributed by atoms with van der Waals surface area (Å²) in [5.74, 6) is 1.58. The maximum atomic E-state index is 5.87. The van der Waals surface area contributed by atoms with Crippen LogP contribution >= 0.6 is 15.9 Å². The normalized spacial score (nSPS) is 16.3. The molecular weight excluding hydrogens is 330 g/mol. The van der Waals surface area contributed by atoms with Crippen molar-refractivity contribution in [2.45, 2.75) is 12.7 Å². The minimum Gasteiger partial charge on any atom is -0.451 e. The lowest BCUT2D eigenvalue weighted by molar-refractivity contribution is 0.0505. The number of halogens is 1. The maximum Gasteiger partial charge on any atom is 0.245 e. The van der Waals surface area contributed by atoms with E-state index in [0.717, 1.165) is 21.4 Å². The van der Waals surface area contributed by atoms with Gasteiger partial charge in [-0.05, 0) is 35.2 Å². The Labute approximate surface area is 130 Å². The highest BCUT2D eigenvalue weighted by Gasteiger charge is 2.24. The van der Waals surface area contributed by atoms with Crippen LogP contribution in [0.25, 0.3) is 10.8 Å². The number of benzene rings is 2. The molecule has 2 aromatic carbocycles. The fraction of sp³-hybridized carbons (Fsp3) is 0.118. The van der Waals surface area contributed by atoms with Crippen LogP contribution in [-0.2, 0) is 6.42 Å². The van der Waals surface area contributed by atoms with Gasteiger partial charge in [-0.3, -0.25) is 4.98 Å². The van der Waals surface area contributed by atoms with Crippen LogP contribution < -0.4 is 9.47 Å². The van der Waals surface area contributed by atoms with Crippen LogP contribution in [0.3, 0.4) is 0 Å². The highest BCUT2D eigenvalue weighted by Crippen LogP contribution is 2.37. The Hall–Kier alpha value is -2.07. The number of hydrogen-bond acceptors (Lipinski definition) is 3. The number of ether oxygens (including phenoxy) is 2. The molecule has 1 aromatic heterocycles. The molecular formula is C17H12BrNO2. The predicted molar refractivity (Wildman–Crippen MR) is 84.6 cm³/mol. The molecule has 1 unspecified atom stereocenters. The second kappa shape index (κ2) is 5.04. The Morgan fingerprint density at radius 3 is 2.90 bits per heavy atom. The van der Waals surface area contributed by atoms with Crippen molar-refractivity contribution in [3.63, 3.8) is 0 Å². The highest BCUT2D eigenvalue weighted by atomic mass is 79.9. The van der Waals surface area contributed by atoms with Crippen LogP contribution in [-0.4, -0.2) is 11.3 Å². The van der Waals surface area contributed by atoms with Crippen molar-refractivity contribution in [3.8, 4) is 11.5 Å². The van der Waals surface area contributed by atoms with E-state index in [1.807, 2.05) is 42.7 Å². The fourth-order valence-electron chi connectivity index (χ4n) is 2.61. The highest BCUT2D eigenvalue weighted by molar-refractivity contribution is 9.10. The van der Waals surface area contributed by atoms with Gasteiger partial charge in [0.15, 0.2) is 11.5 Å². The lowest BCUT2D eigenvalue weighted by Gasteiger charge is -2.12. The largest absolute Gasteiger partial charge is 0.451 e. The van der Waals surface area contributed by atoms with Crippen LogP contribution in [0.4, 0.5) is 0 Å². The molecule has 0 fully saturated rings. The van der Waals surface area contributed by atoms with Crippen LogP contribution in [0.15, 0.2) is 59.3 Å². The van der Waals surface area contributed by atoms with Gasteiger partial charge in [-0.2, -0.15) is 0 Å². The topological polar surface area (TPSA) is 31.4 Å². The second-order valence-electron chi connectivity index (χ2n) is 4.97. The van der Waals surface area contributed by atoms with E-state index in [1.165, 1.54) is 10.9 Å². The molecule has 1 aliphatic rings. The third-order valence-corrected chi connectivity index (χ3v) is 4.07. The van der Waals surface area contributed by atoms with Gasteiger partial charge in [0.25, 0.3) is 0 Å². The molecule has 3 nitrogen and oxygen atoms in total. The summed E-state index contributed by atoms with van der Waals surface area (Å²) >= 11 is 3.44. The monoisotopic (exact) mass is 341 g/mol. The molecule has 4 heteroatoms. The third kappa shape index (κ3) is 2.36. The third-order valence-electron chi connectivity index (χ3n) is 3.58. The van der Waals surface area contributed by atoms with Gasteiger partial charge in [-0.25, -0.2) is 0 Å². The predicted octanol–water partition coefficient (Wildman–Crippen LogP) is 4.34. The Bertz CT molecular complexity index is 813. The lowest BCUT2D eigenvalue weighted by atomic mass is 10.0. The van der Waals surface area contributed by atoms with Gasteiger partial charge in [-0.15, -0.1) is 0 Å². The molecule has 0 spiro atoms. The van der Waals surface area contributed by atoms with Crippen molar-refractivity contribution in [1.82, 2.24) is 4.98 Å². The van der Waals surface area contributed by atoms with Crippen molar-refractivity contribution >= 4 is 26.7 Å². The zero-order chi connectivity index (χ0) is 14.2. The average molecular weight is 342 g/mol. The zero-order valence-corrected chi connectivity index (χ0v) is 12.7. The second-order valence-corrected chi connectivity index (χ2v) is 5.89. The van der Waals surface area contributed by atoms with Gasteiger partial charge in [0, 0.05) is 28.7 Å². The van der Waals surface area contributed by atoms with E-state index < -0.39 is 0 Å². The van der Waals surface area contributed by atoms with Crippen LogP contribution in [0.5, 0.6) is 11.5 Å². The molecule has 0 aliphatic carbocycles. The van der Waals surface area contributed by atoms with E-state index in [0.29, 0.717) is 6.42 Å². The first-order valence-electron chi connectivity index (χ1n) is 6.74. The van der Waals surface area contributed by atoms with Gasteiger partial charge in [0.1, 0.15) is 0 Å². The molecule has 0 amide bonds. The van der Waals surface area contributed by atoms with Crippen LogP contribution in [0.1, 0.15) is 5.56 Å². The summed E-state index contributed by atoms with van der Waals surface area (Å²) in [6, 6.07) is 14.0. The maximum absolute atomic E-state index is 5.87. The smallest absolute Gasteiger partial charge is 0.245 e. The number of pyridine rings is 1. The summed E-state index contributed by atoms with van der Waals surface area (Å²) in [5.41, 5.74) is 1.20. The summed E-state index contributed by atoms with van der Waals surface area (Å²) in [4.78, 5) is 4.16. The molecule has 0 saturated carbocycles. The molecule has 2 heterocycles. The van der Waals surface area contributed by atoms with Crippen LogP contribution in [0, 0.1) is 0 Å².